The minimum absolute atomic E-state index is 0.0358. The molecule has 8 nitrogen and oxygen atoms in total. The smallest absolute Gasteiger partial charge is 0.271 e. The molecule has 1 aromatic carbocycles. The molecule has 3 aromatic rings. The molecule has 1 amide bonds. The summed E-state index contributed by atoms with van der Waals surface area (Å²) in [6.07, 6.45) is 1.41. The Hall–Kier alpha value is -3.13. The van der Waals surface area contributed by atoms with E-state index in [9.17, 15) is 4.79 Å². The van der Waals surface area contributed by atoms with Gasteiger partial charge in [0.05, 0.1) is 6.20 Å². The molecule has 24 heavy (non-hydrogen) atoms. The summed E-state index contributed by atoms with van der Waals surface area (Å²) in [6, 6.07) is 8.76. The molecule has 122 valence electrons. The van der Waals surface area contributed by atoms with Crippen molar-refractivity contribution in [2.75, 3.05) is 10.6 Å². The van der Waals surface area contributed by atoms with E-state index in [0.717, 1.165) is 5.69 Å². The van der Waals surface area contributed by atoms with Crippen LogP contribution in [0.25, 0.3) is 0 Å². The van der Waals surface area contributed by atoms with E-state index in [0.29, 0.717) is 22.3 Å². The average Bonchev–Trinajstić information content (AvgIpc) is 2.94. The first kappa shape index (κ1) is 15.8. The molecule has 2 aromatic heterocycles. The van der Waals surface area contributed by atoms with Crippen LogP contribution in [0.3, 0.4) is 0 Å². The van der Waals surface area contributed by atoms with Crippen LogP contribution in [0.4, 0.5) is 23.1 Å². The van der Waals surface area contributed by atoms with Gasteiger partial charge >= 0.3 is 0 Å². The van der Waals surface area contributed by atoms with Gasteiger partial charge in [-0.25, -0.2) is 9.97 Å². The fourth-order valence-electron chi connectivity index (χ4n) is 2.00. The summed E-state index contributed by atoms with van der Waals surface area (Å²) in [6.45, 7) is 1.88. The number of nitrogens with zero attached hydrogens (tertiary/aromatic N) is 3. The lowest BCUT2D eigenvalue weighted by atomic mass is 10.3. The number of carbonyl (C=O) groups is 1. The maximum atomic E-state index is 11.6. The molecular weight excluding hydrogens is 330 g/mol. The molecule has 0 aliphatic rings. The van der Waals surface area contributed by atoms with Gasteiger partial charge in [-0.15, -0.1) is 0 Å². The average molecular weight is 344 g/mol. The van der Waals surface area contributed by atoms with E-state index >= 15 is 0 Å². The number of amides is 1. The van der Waals surface area contributed by atoms with Crippen LogP contribution in [-0.4, -0.2) is 26.1 Å². The molecule has 0 aliphatic carbocycles. The monoisotopic (exact) mass is 343 g/mol. The summed E-state index contributed by atoms with van der Waals surface area (Å²) in [7, 11) is 0. The van der Waals surface area contributed by atoms with Crippen molar-refractivity contribution >= 4 is 40.6 Å². The first-order chi connectivity index (χ1) is 11.5. The van der Waals surface area contributed by atoms with Crippen molar-refractivity contribution in [3.63, 3.8) is 0 Å². The number of aryl methyl sites for hydroxylation is 1. The van der Waals surface area contributed by atoms with E-state index in [-0.39, 0.29) is 11.5 Å². The van der Waals surface area contributed by atoms with Crippen LogP contribution in [0.1, 0.15) is 16.2 Å². The van der Waals surface area contributed by atoms with Gasteiger partial charge in [0, 0.05) is 22.5 Å². The van der Waals surface area contributed by atoms with Crippen LogP contribution in [0.5, 0.6) is 0 Å². The predicted octanol–water partition coefficient (Wildman–Crippen LogP) is 2.75. The van der Waals surface area contributed by atoms with E-state index in [1.165, 1.54) is 6.20 Å². The van der Waals surface area contributed by atoms with E-state index in [2.05, 4.69) is 30.8 Å². The van der Waals surface area contributed by atoms with Crippen molar-refractivity contribution in [1.82, 2.24) is 20.2 Å². The second-order valence-corrected chi connectivity index (χ2v) is 5.45. The van der Waals surface area contributed by atoms with Crippen molar-refractivity contribution in [3.8, 4) is 0 Å². The van der Waals surface area contributed by atoms with Gasteiger partial charge in [-0.3, -0.25) is 9.89 Å². The highest BCUT2D eigenvalue weighted by Gasteiger charge is 2.14. The third-order valence-corrected chi connectivity index (χ3v) is 3.33. The molecule has 2 heterocycles. The Bertz CT molecular complexity index is 876. The predicted molar refractivity (Wildman–Crippen MR) is 91.9 cm³/mol. The minimum Gasteiger partial charge on any atom is -0.364 e. The Balaban J connectivity index is 1.90. The van der Waals surface area contributed by atoms with Crippen LogP contribution in [0, 0.1) is 6.92 Å². The van der Waals surface area contributed by atoms with Crippen molar-refractivity contribution in [3.05, 3.63) is 52.9 Å². The molecule has 0 unspecified atom stereocenters. The Morgan fingerprint density at radius 2 is 1.96 bits per heavy atom. The third kappa shape index (κ3) is 3.61. The molecule has 0 fully saturated rings. The lowest BCUT2D eigenvalue weighted by Gasteiger charge is -2.10. The number of H-pyrrole nitrogens is 1. The normalized spacial score (nSPS) is 10.4. The number of anilines is 4. The molecule has 5 N–H and O–H groups in total. The van der Waals surface area contributed by atoms with Crippen molar-refractivity contribution < 1.29 is 4.79 Å². The second kappa shape index (κ2) is 6.55. The van der Waals surface area contributed by atoms with Crippen LogP contribution in [-0.2, 0) is 0 Å². The topological polar surface area (TPSA) is 122 Å². The SMILES string of the molecule is Cc1cc(Nc2cnc(C(N)=O)c(Nc3ccc(Cl)cc3)n2)n[nH]1. The quantitative estimate of drug-likeness (QED) is 0.565. The Kier molecular flexibility index (Phi) is 4.30. The van der Waals surface area contributed by atoms with Gasteiger partial charge < -0.3 is 16.4 Å². The number of aromatic nitrogens is 4. The standard InChI is InChI=1S/C15H14ClN7O/c1-8-6-11(23-22-8)20-12-7-18-13(14(17)24)15(21-12)19-10-4-2-9(16)3-5-10/h2-7H,1H3,(H2,17,24)(H3,19,20,21,22,23). The number of halogens is 1. The van der Waals surface area contributed by atoms with Crippen LogP contribution in [0.2, 0.25) is 5.02 Å². The van der Waals surface area contributed by atoms with Gasteiger partial charge in [0.15, 0.2) is 23.1 Å². The van der Waals surface area contributed by atoms with Gasteiger partial charge in [-0.1, -0.05) is 11.6 Å². The Morgan fingerprint density at radius 1 is 1.21 bits per heavy atom. The first-order valence-electron chi connectivity index (χ1n) is 7.00. The fraction of sp³-hybridized carbons (Fsp3) is 0.0667. The molecule has 0 spiro atoms. The highest BCUT2D eigenvalue weighted by molar-refractivity contribution is 6.30. The molecule has 0 bridgehead atoms. The molecule has 0 aliphatic heterocycles. The summed E-state index contributed by atoms with van der Waals surface area (Å²) >= 11 is 5.86. The van der Waals surface area contributed by atoms with Gasteiger partial charge in [-0.2, -0.15) is 5.10 Å². The lowest BCUT2D eigenvalue weighted by molar-refractivity contribution is 0.0996. The lowest BCUT2D eigenvalue weighted by Crippen LogP contribution is -2.17. The molecule has 9 heteroatoms. The molecule has 0 atom stereocenters. The summed E-state index contributed by atoms with van der Waals surface area (Å²) in [5, 5.41) is 13.5. The third-order valence-electron chi connectivity index (χ3n) is 3.07. The fourth-order valence-corrected chi connectivity index (χ4v) is 2.13. The zero-order valence-electron chi connectivity index (χ0n) is 12.7. The highest BCUT2D eigenvalue weighted by atomic mass is 35.5. The van der Waals surface area contributed by atoms with E-state index in [1.54, 1.807) is 24.3 Å². The second-order valence-electron chi connectivity index (χ2n) is 5.01. The summed E-state index contributed by atoms with van der Waals surface area (Å²) in [5.74, 6) is 0.567. The van der Waals surface area contributed by atoms with Crippen LogP contribution >= 0.6 is 11.6 Å². The number of rotatable bonds is 5. The number of benzene rings is 1. The number of primary amides is 1. The molecule has 0 saturated heterocycles. The zero-order chi connectivity index (χ0) is 17.1. The van der Waals surface area contributed by atoms with Crippen molar-refractivity contribution in [2.45, 2.75) is 6.92 Å². The van der Waals surface area contributed by atoms with Gasteiger partial charge in [0.1, 0.15) is 0 Å². The number of hydrogen-bond acceptors (Lipinski definition) is 6. The van der Waals surface area contributed by atoms with Gasteiger partial charge in [0.25, 0.3) is 5.91 Å². The zero-order valence-corrected chi connectivity index (χ0v) is 13.4. The van der Waals surface area contributed by atoms with E-state index < -0.39 is 5.91 Å². The maximum Gasteiger partial charge on any atom is 0.271 e. The van der Waals surface area contributed by atoms with Gasteiger partial charge in [-0.05, 0) is 31.2 Å². The van der Waals surface area contributed by atoms with Crippen LogP contribution in [0.15, 0.2) is 36.5 Å². The summed E-state index contributed by atoms with van der Waals surface area (Å²) in [5.41, 5.74) is 6.99. The highest BCUT2D eigenvalue weighted by Crippen LogP contribution is 2.22. The molecule has 0 saturated carbocycles. The van der Waals surface area contributed by atoms with Crippen molar-refractivity contribution in [1.29, 1.82) is 0 Å². The molecule has 0 radical (unpaired) electrons. The number of carbonyl (C=O) groups excluding carboxylic acids is 1. The molecular formula is C15H14ClN7O. The van der Waals surface area contributed by atoms with E-state index in [4.69, 9.17) is 17.3 Å². The van der Waals surface area contributed by atoms with Crippen LogP contribution < -0.4 is 16.4 Å². The number of nitrogens with one attached hydrogen (secondary N) is 3. The Morgan fingerprint density at radius 3 is 2.58 bits per heavy atom. The maximum absolute atomic E-state index is 11.6. The Labute approximate surface area is 142 Å². The van der Waals surface area contributed by atoms with E-state index in [1.807, 2.05) is 13.0 Å². The largest absolute Gasteiger partial charge is 0.364 e. The first-order valence-corrected chi connectivity index (χ1v) is 7.37. The summed E-state index contributed by atoms with van der Waals surface area (Å²) in [4.78, 5) is 20.0. The van der Waals surface area contributed by atoms with Crippen molar-refractivity contribution in [2.24, 2.45) is 5.73 Å². The number of nitrogens with two attached hydrogens (primary N) is 1. The number of aromatic amines is 1. The summed E-state index contributed by atoms with van der Waals surface area (Å²) < 4.78 is 0. The minimum atomic E-state index is -0.680. The van der Waals surface area contributed by atoms with Gasteiger partial charge in [0.2, 0.25) is 0 Å². The number of hydrogen-bond donors (Lipinski definition) is 4. The molecule has 3 rings (SSSR count).